The fourth-order valence-corrected chi connectivity index (χ4v) is 2.85. The van der Waals surface area contributed by atoms with Crippen LogP contribution in [-0.4, -0.2) is 7.05 Å². The second-order valence-electron chi connectivity index (χ2n) is 4.07. The summed E-state index contributed by atoms with van der Waals surface area (Å²) in [5.74, 6) is 0. The van der Waals surface area contributed by atoms with Gasteiger partial charge < -0.3 is 5.32 Å². The third-order valence-electron chi connectivity index (χ3n) is 2.90. The average molecular weight is 266 g/mol. The van der Waals surface area contributed by atoms with Crippen LogP contribution >= 0.6 is 22.9 Å². The van der Waals surface area contributed by atoms with Crippen molar-refractivity contribution < 1.29 is 0 Å². The predicted octanol–water partition coefficient (Wildman–Crippen LogP) is 4.29. The van der Waals surface area contributed by atoms with Crippen molar-refractivity contribution in [3.8, 4) is 0 Å². The number of thiophene rings is 1. The first-order valence-corrected chi connectivity index (χ1v) is 7.05. The van der Waals surface area contributed by atoms with Gasteiger partial charge in [-0.2, -0.15) is 11.3 Å². The van der Waals surface area contributed by atoms with Crippen molar-refractivity contribution >= 4 is 22.9 Å². The number of aryl methyl sites for hydroxylation is 1. The van der Waals surface area contributed by atoms with Gasteiger partial charge in [0, 0.05) is 11.1 Å². The minimum atomic E-state index is 0.369. The molecule has 0 fully saturated rings. The summed E-state index contributed by atoms with van der Waals surface area (Å²) >= 11 is 7.78. The maximum atomic E-state index is 6.02. The monoisotopic (exact) mass is 265 g/mol. The second-order valence-corrected chi connectivity index (χ2v) is 5.28. The summed E-state index contributed by atoms with van der Waals surface area (Å²) in [6.45, 7) is 0. The molecule has 0 aliphatic heterocycles. The molecule has 2 aromatic rings. The van der Waals surface area contributed by atoms with Crippen molar-refractivity contribution in [1.29, 1.82) is 0 Å². The molecule has 1 aromatic carbocycles. The molecule has 0 amide bonds. The van der Waals surface area contributed by atoms with Gasteiger partial charge in [0.05, 0.1) is 0 Å². The summed E-state index contributed by atoms with van der Waals surface area (Å²) in [5, 5.41) is 8.50. The van der Waals surface area contributed by atoms with Gasteiger partial charge in [-0.25, -0.2) is 0 Å². The minimum Gasteiger partial charge on any atom is -0.313 e. The number of nitrogens with one attached hydrogen (secondary N) is 1. The van der Waals surface area contributed by atoms with Crippen LogP contribution in [0.1, 0.15) is 23.6 Å². The van der Waals surface area contributed by atoms with E-state index in [4.69, 9.17) is 11.6 Å². The van der Waals surface area contributed by atoms with Crippen molar-refractivity contribution in [2.45, 2.75) is 18.9 Å². The maximum Gasteiger partial charge on any atom is 0.0409 e. The molecule has 0 spiro atoms. The van der Waals surface area contributed by atoms with Crippen molar-refractivity contribution in [3.05, 3.63) is 57.2 Å². The molecule has 0 aliphatic rings. The summed E-state index contributed by atoms with van der Waals surface area (Å²) in [4.78, 5) is 0. The number of hydrogen-bond acceptors (Lipinski definition) is 2. The molecule has 2 rings (SSSR count). The fourth-order valence-electron chi connectivity index (χ4n) is 1.95. The van der Waals surface area contributed by atoms with Crippen LogP contribution < -0.4 is 5.32 Å². The predicted molar refractivity (Wildman–Crippen MR) is 75.9 cm³/mol. The molecule has 0 radical (unpaired) electrons. The van der Waals surface area contributed by atoms with Crippen LogP contribution in [0.25, 0.3) is 0 Å². The van der Waals surface area contributed by atoms with Gasteiger partial charge in [0.2, 0.25) is 0 Å². The van der Waals surface area contributed by atoms with E-state index in [1.807, 2.05) is 25.2 Å². The van der Waals surface area contributed by atoms with Crippen LogP contribution in [0.15, 0.2) is 41.1 Å². The zero-order valence-corrected chi connectivity index (χ0v) is 11.4. The average Bonchev–Trinajstić information content (AvgIpc) is 2.83. The van der Waals surface area contributed by atoms with Crippen LogP contribution in [0.2, 0.25) is 5.02 Å². The first-order valence-electron chi connectivity index (χ1n) is 5.73. The van der Waals surface area contributed by atoms with Gasteiger partial charge in [0.1, 0.15) is 0 Å². The molecule has 1 heterocycles. The lowest BCUT2D eigenvalue weighted by Crippen LogP contribution is -2.16. The van der Waals surface area contributed by atoms with Gasteiger partial charge in [-0.3, -0.25) is 0 Å². The Morgan fingerprint density at radius 1 is 1.35 bits per heavy atom. The smallest absolute Gasteiger partial charge is 0.0409 e. The standard InChI is InChI=1S/C14H16ClNS/c1-16-14(6-5-11-7-8-17-10-11)12-3-2-4-13(15)9-12/h2-4,7-10,14,16H,5-6H2,1H3. The molecular weight excluding hydrogens is 250 g/mol. The van der Waals surface area contributed by atoms with Gasteiger partial charge in [0.15, 0.2) is 0 Å². The van der Waals surface area contributed by atoms with E-state index in [-0.39, 0.29) is 0 Å². The van der Waals surface area contributed by atoms with Gasteiger partial charge in [-0.1, -0.05) is 23.7 Å². The topological polar surface area (TPSA) is 12.0 Å². The van der Waals surface area contributed by atoms with Crippen LogP contribution in [-0.2, 0) is 6.42 Å². The first kappa shape index (κ1) is 12.6. The Balaban J connectivity index is 2.01. The van der Waals surface area contributed by atoms with E-state index in [1.165, 1.54) is 11.1 Å². The Hall–Kier alpha value is -0.830. The number of halogens is 1. The molecule has 3 heteroatoms. The highest BCUT2D eigenvalue weighted by Gasteiger charge is 2.09. The molecule has 0 saturated heterocycles. The van der Waals surface area contributed by atoms with E-state index < -0.39 is 0 Å². The highest BCUT2D eigenvalue weighted by molar-refractivity contribution is 7.07. The zero-order chi connectivity index (χ0) is 12.1. The third kappa shape index (κ3) is 3.56. The van der Waals surface area contributed by atoms with E-state index >= 15 is 0 Å². The number of hydrogen-bond donors (Lipinski definition) is 1. The summed E-state index contributed by atoms with van der Waals surface area (Å²) in [5.41, 5.74) is 2.67. The zero-order valence-electron chi connectivity index (χ0n) is 9.82. The van der Waals surface area contributed by atoms with Crippen molar-refractivity contribution in [2.24, 2.45) is 0 Å². The Bertz CT molecular complexity index is 453. The summed E-state index contributed by atoms with van der Waals surface area (Å²) in [6, 6.07) is 10.6. The molecule has 1 N–H and O–H groups in total. The van der Waals surface area contributed by atoms with Crippen LogP contribution in [0.4, 0.5) is 0 Å². The first-order chi connectivity index (χ1) is 8.29. The normalized spacial score (nSPS) is 12.6. The molecule has 1 unspecified atom stereocenters. The number of benzene rings is 1. The Kier molecular flexibility index (Phi) is 4.60. The van der Waals surface area contributed by atoms with E-state index in [2.05, 4.69) is 28.2 Å². The summed E-state index contributed by atoms with van der Waals surface area (Å²) in [6.07, 6.45) is 2.19. The van der Waals surface area contributed by atoms with Gasteiger partial charge in [-0.15, -0.1) is 0 Å². The quantitative estimate of drug-likeness (QED) is 0.850. The van der Waals surface area contributed by atoms with Gasteiger partial charge >= 0.3 is 0 Å². The van der Waals surface area contributed by atoms with Crippen molar-refractivity contribution in [2.75, 3.05) is 7.05 Å². The Morgan fingerprint density at radius 3 is 2.88 bits per heavy atom. The molecule has 90 valence electrons. The highest BCUT2D eigenvalue weighted by atomic mass is 35.5. The van der Waals surface area contributed by atoms with E-state index in [0.29, 0.717) is 6.04 Å². The third-order valence-corrected chi connectivity index (χ3v) is 3.87. The van der Waals surface area contributed by atoms with Crippen LogP contribution in [0.3, 0.4) is 0 Å². The van der Waals surface area contributed by atoms with Crippen molar-refractivity contribution in [1.82, 2.24) is 5.32 Å². The molecular formula is C14H16ClNS. The Morgan fingerprint density at radius 2 is 2.24 bits per heavy atom. The molecule has 0 aliphatic carbocycles. The molecule has 1 nitrogen and oxygen atoms in total. The summed E-state index contributed by atoms with van der Waals surface area (Å²) < 4.78 is 0. The molecule has 17 heavy (non-hydrogen) atoms. The van der Waals surface area contributed by atoms with Crippen molar-refractivity contribution in [3.63, 3.8) is 0 Å². The maximum absolute atomic E-state index is 6.02. The molecule has 1 atom stereocenters. The fraction of sp³-hybridized carbons (Fsp3) is 0.286. The SMILES string of the molecule is CNC(CCc1ccsc1)c1cccc(Cl)c1. The van der Waals surface area contributed by atoms with E-state index in [0.717, 1.165) is 17.9 Å². The van der Waals surface area contributed by atoms with E-state index in [1.54, 1.807) is 11.3 Å². The minimum absolute atomic E-state index is 0.369. The summed E-state index contributed by atoms with van der Waals surface area (Å²) in [7, 11) is 2.00. The largest absolute Gasteiger partial charge is 0.313 e. The second kappa shape index (κ2) is 6.20. The number of rotatable bonds is 5. The van der Waals surface area contributed by atoms with E-state index in [9.17, 15) is 0 Å². The van der Waals surface area contributed by atoms with Gasteiger partial charge in [-0.05, 0) is 60.0 Å². The van der Waals surface area contributed by atoms with Gasteiger partial charge in [0.25, 0.3) is 0 Å². The Labute approximate surface area is 111 Å². The highest BCUT2D eigenvalue weighted by Crippen LogP contribution is 2.22. The molecule has 1 aromatic heterocycles. The lowest BCUT2D eigenvalue weighted by molar-refractivity contribution is 0.550. The van der Waals surface area contributed by atoms with Crippen LogP contribution in [0, 0.1) is 0 Å². The lowest BCUT2D eigenvalue weighted by Gasteiger charge is -2.16. The molecule has 0 bridgehead atoms. The molecule has 0 saturated carbocycles. The lowest BCUT2D eigenvalue weighted by atomic mass is 10.0. The van der Waals surface area contributed by atoms with Crippen LogP contribution in [0.5, 0.6) is 0 Å².